The molecule has 2 heterocycles. The van der Waals surface area contributed by atoms with E-state index in [-0.39, 0.29) is 18.3 Å². The maximum atomic E-state index is 6.06. The lowest BCUT2D eigenvalue weighted by Crippen LogP contribution is -2.41. The highest BCUT2D eigenvalue weighted by atomic mass is 16.7. The predicted octanol–water partition coefficient (Wildman–Crippen LogP) is 2.35. The fraction of sp³-hybridized carbons (Fsp3) is 0.667. The van der Waals surface area contributed by atoms with Gasteiger partial charge in [-0.3, -0.25) is 4.98 Å². The molecule has 1 saturated carbocycles. The van der Waals surface area contributed by atoms with Crippen LogP contribution in [0.25, 0.3) is 0 Å². The van der Waals surface area contributed by atoms with Crippen LogP contribution in [0.1, 0.15) is 47.0 Å². The Morgan fingerprint density at radius 1 is 1.15 bits per heavy atom. The van der Waals surface area contributed by atoms with Gasteiger partial charge in [-0.1, -0.05) is 0 Å². The summed E-state index contributed by atoms with van der Waals surface area (Å²) in [4.78, 5) is 4.31. The quantitative estimate of drug-likeness (QED) is 0.859. The molecule has 0 radical (unpaired) electrons. The maximum absolute atomic E-state index is 6.06. The van der Waals surface area contributed by atoms with E-state index in [2.05, 4.69) is 44.1 Å². The highest BCUT2D eigenvalue weighted by molar-refractivity contribution is 6.62. The number of rotatable bonds is 3. The molecule has 2 aliphatic rings. The standard InChI is InChI=1S/C15H23BN2O2/c1-14(2)15(3,4)20-16(19-14)11-8-13(10-17-9-11)18-12-6-5-7-12/h8-10,12,18H,5-7H2,1-4H3. The molecule has 0 unspecified atom stereocenters. The average Bonchev–Trinajstić information content (AvgIpc) is 2.54. The van der Waals surface area contributed by atoms with Crippen LogP contribution in [0, 0.1) is 0 Å². The van der Waals surface area contributed by atoms with Crippen molar-refractivity contribution in [2.75, 3.05) is 5.32 Å². The SMILES string of the molecule is CC1(C)OB(c2cncc(NC3CCC3)c2)OC1(C)C. The molecule has 1 aliphatic heterocycles. The summed E-state index contributed by atoms with van der Waals surface area (Å²) in [6.45, 7) is 8.27. The molecule has 0 aromatic carbocycles. The summed E-state index contributed by atoms with van der Waals surface area (Å²) >= 11 is 0. The van der Waals surface area contributed by atoms with E-state index in [4.69, 9.17) is 9.31 Å². The van der Waals surface area contributed by atoms with Crippen LogP contribution in [0.15, 0.2) is 18.5 Å². The van der Waals surface area contributed by atoms with Crippen LogP contribution in [0.2, 0.25) is 0 Å². The number of aromatic nitrogens is 1. The van der Waals surface area contributed by atoms with Crippen molar-refractivity contribution in [3.63, 3.8) is 0 Å². The minimum absolute atomic E-state index is 0.310. The number of hydrogen-bond acceptors (Lipinski definition) is 4. The fourth-order valence-corrected chi connectivity index (χ4v) is 2.43. The summed E-state index contributed by atoms with van der Waals surface area (Å²) in [5.41, 5.74) is 1.42. The molecule has 1 aromatic rings. The zero-order valence-electron chi connectivity index (χ0n) is 12.8. The molecule has 1 aliphatic carbocycles. The van der Waals surface area contributed by atoms with Crippen molar-refractivity contribution in [1.29, 1.82) is 0 Å². The smallest absolute Gasteiger partial charge is 0.399 e. The van der Waals surface area contributed by atoms with E-state index in [1.807, 2.05) is 12.4 Å². The molecular weight excluding hydrogens is 251 g/mol. The third-order valence-corrected chi connectivity index (χ3v) is 4.76. The summed E-state index contributed by atoms with van der Waals surface area (Å²) < 4.78 is 12.1. The largest absolute Gasteiger partial charge is 0.496 e. The van der Waals surface area contributed by atoms with Crippen molar-refractivity contribution in [2.45, 2.75) is 64.2 Å². The third-order valence-electron chi connectivity index (χ3n) is 4.76. The zero-order chi connectivity index (χ0) is 14.4. The number of pyridine rings is 1. The van der Waals surface area contributed by atoms with E-state index < -0.39 is 0 Å². The maximum Gasteiger partial charge on any atom is 0.496 e. The zero-order valence-corrected chi connectivity index (χ0v) is 12.8. The Bertz CT molecular complexity index is 484. The first kappa shape index (κ1) is 13.9. The van der Waals surface area contributed by atoms with Gasteiger partial charge in [0.05, 0.1) is 16.9 Å². The summed E-state index contributed by atoms with van der Waals surface area (Å²) in [6.07, 6.45) is 7.52. The van der Waals surface area contributed by atoms with Crippen LogP contribution >= 0.6 is 0 Å². The molecule has 0 spiro atoms. The summed E-state index contributed by atoms with van der Waals surface area (Å²) in [7, 11) is -0.337. The van der Waals surface area contributed by atoms with Gasteiger partial charge in [0.15, 0.2) is 0 Å². The van der Waals surface area contributed by atoms with E-state index >= 15 is 0 Å². The van der Waals surface area contributed by atoms with Gasteiger partial charge in [-0.05, 0) is 53.0 Å². The van der Waals surface area contributed by atoms with Crippen molar-refractivity contribution in [3.05, 3.63) is 18.5 Å². The lowest BCUT2D eigenvalue weighted by molar-refractivity contribution is 0.00578. The monoisotopic (exact) mass is 274 g/mol. The second-order valence-corrected chi connectivity index (χ2v) is 6.87. The molecule has 0 amide bonds. The summed E-state index contributed by atoms with van der Waals surface area (Å²) in [5, 5.41) is 3.51. The summed E-state index contributed by atoms with van der Waals surface area (Å²) in [6, 6.07) is 2.69. The summed E-state index contributed by atoms with van der Waals surface area (Å²) in [5.74, 6) is 0. The Morgan fingerprint density at radius 3 is 2.35 bits per heavy atom. The fourth-order valence-electron chi connectivity index (χ4n) is 2.43. The number of nitrogens with one attached hydrogen (secondary N) is 1. The van der Waals surface area contributed by atoms with Gasteiger partial charge in [0.1, 0.15) is 0 Å². The molecule has 108 valence electrons. The van der Waals surface area contributed by atoms with Crippen LogP contribution in [-0.4, -0.2) is 29.3 Å². The van der Waals surface area contributed by atoms with Crippen LogP contribution in [-0.2, 0) is 9.31 Å². The first-order chi connectivity index (χ1) is 9.37. The molecule has 2 fully saturated rings. The van der Waals surface area contributed by atoms with Crippen LogP contribution < -0.4 is 10.8 Å². The van der Waals surface area contributed by atoms with Crippen LogP contribution in [0.5, 0.6) is 0 Å². The molecule has 4 nitrogen and oxygen atoms in total. The highest BCUT2D eigenvalue weighted by Gasteiger charge is 2.51. The number of hydrogen-bond donors (Lipinski definition) is 1. The highest BCUT2D eigenvalue weighted by Crippen LogP contribution is 2.36. The molecule has 3 rings (SSSR count). The van der Waals surface area contributed by atoms with Gasteiger partial charge in [0, 0.05) is 23.9 Å². The lowest BCUT2D eigenvalue weighted by atomic mass is 9.80. The third kappa shape index (κ3) is 2.45. The van der Waals surface area contributed by atoms with Gasteiger partial charge < -0.3 is 14.6 Å². The van der Waals surface area contributed by atoms with E-state index in [1.165, 1.54) is 19.3 Å². The van der Waals surface area contributed by atoms with E-state index in [9.17, 15) is 0 Å². The van der Waals surface area contributed by atoms with Gasteiger partial charge in [0.25, 0.3) is 0 Å². The van der Waals surface area contributed by atoms with Gasteiger partial charge >= 0.3 is 7.12 Å². The Morgan fingerprint density at radius 2 is 1.80 bits per heavy atom. The van der Waals surface area contributed by atoms with E-state index in [0.717, 1.165) is 11.2 Å². The van der Waals surface area contributed by atoms with Crippen molar-refractivity contribution in [1.82, 2.24) is 4.98 Å². The Kier molecular flexibility index (Phi) is 3.29. The number of nitrogens with zero attached hydrogens (tertiary/aromatic N) is 1. The molecular formula is C15H23BN2O2. The Labute approximate surface area is 121 Å². The van der Waals surface area contributed by atoms with Gasteiger partial charge in [0.2, 0.25) is 0 Å². The normalized spacial score (nSPS) is 24.5. The molecule has 0 bridgehead atoms. The van der Waals surface area contributed by atoms with Crippen molar-refractivity contribution in [3.8, 4) is 0 Å². The molecule has 1 saturated heterocycles. The minimum Gasteiger partial charge on any atom is -0.399 e. The first-order valence-electron chi connectivity index (χ1n) is 7.44. The Balaban J connectivity index is 1.76. The van der Waals surface area contributed by atoms with E-state index in [0.29, 0.717) is 6.04 Å². The molecule has 0 atom stereocenters. The molecule has 1 aromatic heterocycles. The van der Waals surface area contributed by atoms with Crippen LogP contribution in [0.3, 0.4) is 0 Å². The second-order valence-electron chi connectivity index (χ2n) is 6.87. The molecule has 20 heavy (non-hydrogen) atoms. The molecule has 1 N–H and O–H groups in total. The van der Waals surface area contributed by atoms with Crippen molar-refractivity contribution in [2.24, 2.45) is 0 Å². The van der Waals surface area contributed by atoms with Gasteiger partial charge in [-0.2, -0.15) is 0 Å². The van der Waals surface area contributed by atoms with Gasteiger partial charge in [-0.25, -0.2) is 0 Å². The van der Waals surface area contributed by atoms with Crippen LogP contribution in [0.4, 0.5) is 5.69 Å². The second kappa shape index (κ2) is 4.74. The Hall–Kier alpha value is -1.07. The van der Waals surface area contributed by atoms with E-state index in [1.54, 1.807) is 0 Å². The lowest BCUT2D eigenvalue weighted by Gasteiger charge is -2.32. The average molecular weight is 274 g/mol. The van der Waals surface area contributed by atoms with Crippen molar-refractivity contribution >= 4 is 18.3 Å². The molecule has 5 heteroatoms. The predicted molar refractivity (Wildman–Crippen MR) is 81.2 cm³/mol. The van der Waals surface area contributed by atoms with Gasteiger partial charge in [-0.15, -0.1) is 0 Å². The minimum atomic E-state index is -0.337. The first-order valence-corrected chi connectivity index (χ1v) is 7.44. The number of anilines is 1. The topological polar surface area (TPSA) is 43.4 Å². The van der Waals surface area contributed by atoms with Crippen molar-refractivity contribution < 1.29 is 9.31 Å².